The lowest BCUT2D eigenvalue weighted by atomic mass is 10.2. The monoisotopic (exact) mass is 263 g/mol. The van der Waals surface area contributed by atoms with Gasteiger partial charge in [0.1, 0.15) is 5.82 Å². The molecule has 0 bridgehead atoms. The van der Waals surface area contributed by atoms with Crippen LogP contribution in [0.3, 0.4) is 0 Å². The van der Waals surface area contributed by atoms with Gasteiger partial charge in [0, 0.05) is 32.4 Å². The third kappa shape index (κ3) is 5.01. The lowest BCUT2D eigenvalue weighted by Gasteiger charge is -2.22. The molecule has 4 nitrogen and oxygen atoms in total. The molecule has 1 aromatic heterocycles. The zero-order valence-corrected chi connectivity index (χ0v) is 12.3. The Morgan fingerprint density at radius 1 is 1.47 bits per heavy atom. The van der Waals surface area contributed by atoms with Crippen molar-refractivity contribution in [2.24, 2.45) is 0 Å². The molecule has 1 N–H and O–H groups in total. The maximum Gasteiger partial charge on any atom is 0.129 e. The van der Waals surface area contributed by atoms with Crippen molar-refractivity contribution in [2.45, 2.75) is 20.4 Å². The van der Waals surface area contributed by atoms with E-state index in [4.69, 9.17) is 4.74 Å². The van der Waals surface area contributed by atoms with Gasteiger partial charge in [-0.25, -0.2) is 4.98 Å². The Morgan fingerprint density at radius 3 is 2.84 bits per heavy atom. The Hall–Kier alpha value is -1.39. The molecule has 0 fully saturated rings. The van der Waals surface area contributed by atoms with Crippen molar-refractivity contribution >= 4 is 5.82 Å². The topological polar surface area (TPSA) is 37.4 Å². The second kappa shape index (κ2) is 8.67. The number of pyridine rings is 1. The number of hydrogen-bond donors (Lipinski definition) is 1. The Balaban J connectivity index is 2.80. The largest absolute Gasteiger partial charge is 0.383 e. The molecule has 106 valence electrons. The first-order valence-electron chi connectivity index (χ1n) is 6.75. The van der Waals surface area contributed by atoms with Gasteiger partial charge in [-0.05, 0) is 25.1 Å². The molecule has 0 amide bonds. The lowest BCUT2D eigenvalue weighted by Crippen LogP contribution is -2.28. The highest BCUT2D eigenvalue weighted by molar-refractivity contribution is 5.42. The summed E-state index contributed by atoms with van der Waals surface area (Å²) < 4.78 is 5.13. The third-order valence-corrected chi connectivity index (χ3v) is 2.98. The number of aromatic nitrogens is 1. The number of nitrogens with one attached hydrogen (secondary N) is 1. The molecule has 0 radical (unpaired) electrons. The van der Waals surface area contributed by atoms with E-state index in [1.165, 1.54) is 5.56 Å². The van der Waals surface area contributed by atoms with Crippen LogP contribution in [0.25, 0.3) is 0 Å². The van der Waals surface area contributed by atoms with Gasteiger partial charge >= 0.3 is 0 Å². The maximum atomic E-state index is 5.13. The Bertz CT molecular complexity index is 393. The van der Waals surface area contributed by atoms with Crippen molar-refractivity contribution in [2.75, 3.05) is 38.3 Å². The van der Waals surface area contributed by atoms with Gasteiger partial charge in [0.05, 0.1) is 6.61 Å². The molecule has 0 spiro atoms. The number of nitrogens with zero attached hydrogens (tertiary/aromatic N) is 2. The van der Waals surface area contributed by atoms with Crippen LogP contribution in [0, 0.1) is 6.92 Å². The normalized spacial score (nSPS) is 10.5. The van der Waals surface area contributed by atoms with Gasteiger partial charge in [0.15, 0.2) is 0 Å². The van der Waals surface area contributed by atoms with E-state index in [0.717, 1.165) is 37.7 Å². The molecule has 1 heterocycles. The first-order valence-corrected chi connectivity index (χ1v) is 6.75. The smallest absolute Gasteiger partial charge is 0.129 e. The summed E-state index contributed by atoms with van der Waals surface area (Å²) in [5, 5.41) is 3.32. The van der Waals surface area contributed by atoms with Crippen LogP contribution in [0.5, 0.6) is 0 Å². The predicted octanol–water partition coefficient (Wildman–Crippen LogP) is 2.14. The Kier molecular flexibility index (Phi) is 7.15. The SMILES string of the molecule is C=CCN(CCOC)c1ccc(CNCC)c(C)n1. The molecule has 0 aliphatic carbocycles. The fraction of sp³-hybridized carbons (Fsp3) is 0.533. The van der Waals surface area contributed by atoms with Gasteiger partial charge in [0.25, 0.3) is 0 Å². The molecule has 1 aromatic rings. The minimum atomic E-state index is 0.688. The van der Waals surface area contributed by atoms with Crippen molar-refractivity contribution < 1.29 is 4.74 Å². The number of hydrogen-bond acceptors (Lipinski definition) is 4. The molecule has 0 aliphatic heterocycles. The van der Waals surface area contributed by atoms with Crippen LogP contribution in [0.4, 0.5) is 5.82 Å². The molecule has 0 unspecified atom stereocenters. The molecule has 0 aliphatic rings. The average Bonchev–Trinajstić information content (AvgIpc) is 2.42. The summed E-state index contributed by atoms with van der Waals surface area (Å²) in [6, 6.07) is 4.21. The van der Waals surface area contributed by atoms with Crippen molar-refractivity contribution in [1.29, 1.82) is 0 Å². The van der Waals surface area contributed by atoms with Crippen molar-refractivity contribution in [3.8, 4) is 0 Å². The minimum absolute atomic E-state index is 0.688. The second-order valence-electron chi connectivity index (χ2n) is 4.42. The molecule has 4 heteroatoms. The Labute approximate surface area is 116 Å². The highest BCUT2D eigenvalue weighted by atomic mass is 16.5. The number of methoxy groups -OCH3 is 1. The highest BCUT2D eigenvalue weighted by Crippen LogP contribution is 2.15. The van der Waals surface area contributed by atoms with E-state index < -0.39 is 0 Å². The van der Waals surface area contributed by atoms with Crippen LogP contribution < -0.4 is 10.2 Å². The van der Waals surface area contributed by atoms with Crippen LogP contribution in [0.2, 0.25) is 0 Å². The molecule has 0 atom stereocenters. The number of rotatable bonds is 9. The molecule has 0 saturated heterocycles. The van der Waals surface area contributed by atoms with Crippen LogP contribution in [0.15, 0.2) is 24.8 Å². The summed E-state index contributed by atoms with van der Waals surface area (Å²) in [7, 11) is 1.71. The molecule has 19 heavy (non-hydrogen) atoms. The van der Waals surface area contributed by atoms with E-state index in [0.29, 0.717) is 6.61 Å². The van der Waals surface area contributed by atoms with Gasteiger partial charge in [-0.1, -0.05) is 19.1 Å². The lowest BCUT2D eigenvalue weighted by molar-refractivity contribution is 0.205. The van der Waals surface area contributed by atoms with Crippen molar-refractivity contribution in [1.82, 2.24) is 10.3 Å². The summed E-state index contributed by atoms with van der Waals surface area (Å²) in [6.45, 7) is 12.1. The number of anilines is 1. The summed E-state index contributed by atoms with van der Waals surface area (Å²) >= 11 is 0. The minimum Gasteiger partial charge on any atom is -0.383 e. The summed E-state index contributed by atoms with van der Waals surface area (Å²) in [5.74, 6) is 0.981. The summed E-state index contributed by atoms with van der Waals surface area (Å²) in [4.78, 5) is 6.85. The fourth-order valence-corrected chi connectivity index (χ4v) is 1.86. The first-order chi connectivity index (χ1) is 9.22. The van der Waals surface area contributed by atoms with E-state index in [1.807, 2.05) is 6.08 Å². The zero-order chi connectivity index (χ0) is 14.1. The summed E-state index contributed by atoms with van der Waals surface area (Å²) in [6.07, 6.45) is 1.89. The second-order valence-corrected chi connectivity index (χ2v) is 4.42. The van der Waals surface area contributed by atoms with Crippen LogP contribution in [-0.4, -0.2) is 38.3 Å². The third-order valence-electron chi connectivity index (χ3n) is 2.98. The van der Waals surface area contributed by atoms with E-state index in [9.17, 15) is 0 Å². The standard InChI is InChI=1S/C15H25N3O/c1-5-9-18(10-11-19-4)15-8-7-14(12-16-6-2)13(3)17-15/h5,7-8,16H,1,6,9-12H2,2-4H3. The van der Waals surface area contributed by atoms with E-state index in [-0.39, 0.29) is 0 Å². The molecule has 0 saturated carbocycles. The van der Waals surface area contributed by atoms with Gasteiger partial charge in [0.2, 0.25) is 0 Å². The van der Waals surface area contributed by atoms with Crippen molar-refractivity contribution in [3.63, 3.8) is 0 Å². The number of ether oxygens (including phenoxy) is 1. The van der Waals surface area contributed by atoms with E-state index in [2.05, 4.69) is 47.8 Å². The number of aryl methyl sites for hydroxylation is 1. The van der Waals surface area contributed by atoms with Gasteiger partial charge < -0.3 is 15.0 Å². The van der Waals surface area contributed by atoms with Gasteiger partial charge in [-0.15, -0.1) is 6.58 Å². The molecular weight excluding hydrogens is 238 g/mol. The summed E-state index contributed by atoms with van der Waals surface area (Å²) in [5.41, 5.74) is 2.32. The zero-order valence-electron chi connectivity index (χ0n) is 12.3. The van der Waals surface area contributed by atoms with Gasteiger partial charge in [-0.3, -0.25) is 0 Å². The average molecular weight is 263 g/mol. The van der Waals surface area contributed by atoms with Crippen LogP contribution in [0.1, 0.15) is 18.2 Å². The first kappa shape index (κ1) is 15.7. The van der Waals surface area contributed by atoms with Crippen molar-refractivity contribution in [3.05, 3.63) is 36.0 Å². The Morgan fingerprint density at radius 2 is 2.26 bits per heavy atom. The molecular formula is C15H25N3O. The highest BCUT2D eigenvalue weighted by Gasteiger charge is 2.08. The van der Waals surface area contributed by atoms with Crippen LogP contribution >= 0.6 is 0 Å². The van der Waals surface area contributed by atoms with E-state index >= 15 is 0 Å². The van der Waals surface area contributed by atoms with Gasteiger partial charge in [-0.2, -0.15) is 0 Å². The van der Waals surface area contributed by atoms with Crippen LogP contribution in [-0.2, 0) is 11.3 Å². The van der Waals surface area contributed by atoms with E-state index in [1.54, 1.807) is 7.11 Å². The molecule has 0 aromatic carbocycles. The quantitative estimate of drug-likeness (QED) is 0.693. The maximum absolute atomic E-state index is 5.13. The fourth-order valence-electron chi connectivity index (χ4n) is 1.86. The molecule has 1 rings (SSSR count). The predicted molar refractivity (Wildman–Crippen MR) is 80.6 cm³/mol.